The molecule has 0 bridgehead atoms. The number of fused-ring (bicyclic) bond motifs is 2. The molecule has 3 aromatic rings. The minimum Gasteiger partial charge on any atom is -0.436 e. The van der Waals surface area contributed by atoms with Gasteiger partial charge >= 0.3 is 12.1 Å². The molecule has 1 N–H and O–H groups in total. The van der Waals surface area contributed by atoms with Crippen LogP contribution in [0.3, 0.4) is 0 Å². The lowest BCUT2D eigenvalue weighted by Gasteiger charge is -2.41. The smallest absolute Gasteiger partial charge is 0.410 e. The molecule has 12 heteroatoms. The number of ether oxygens (including phenoxy) is 2. The summed E-state index contributed by atoms with van der Waals surface area (Å²) >= 11 is 0. The molecule has 4 amide bonds. The van der Waals surface area contributed by atoms with E-state index in [4.69, 9.17) is 9.47 Å². The van der Waals surface area contributed by atoms with Crippen molar-refractivity contribution in [3.8, 4) is 0 Å². The summed E-state index contributed by atoms with van der Waals surface area (Å²) in [6, 6.07) is 15.6. The van der Waals surface area contributed by atoms with Crippen LogP contribution in [0.25, 0.3) is 10.9 Å². The first-order valence-corrected chi connectivity index (χ1v) is 18.1. The van der Waals surface area contributed by atoms with Gasteiger partial charge in [0, 0.05) is 96.3 Å². The van der Waals surface area contributed by atoms with E-state index in [1.54, 1.807) is 28.6 Å². The number of hydrogen-bond acceptors (Lipinski definition) is 7. The molecular formula is C38H48N6O6. The van der Waals surface area contributed by atoms with E-state index < -0.39 is 12.2 Å². The average molecular weight is 685 g/mol. The fraction of sp³-hybridized carbons (Fsp3) is 0.526. The minimum atomic E-state index is -0.992. The van der Waals surface area contributed by atoms with Crippen molar-refractivity contribution in [2.75, 3.05) is 64.3 Å². The summed E-state index contributed by atoms with van der Waals surface area (Å²) in [6.45, 7) is 7.73. The first kappa shape index (κ1) is 34.0. The second kappa shape index (κ2) is 14.8. The van der Waals surface area contributed by atoms with Crippen LogP contribution in [-0.4, -0.2) is 119 Å². The molecule has 0 radical (unpaired) electrons. The standard InChI is InChI=1S/C38H48N6O6/c1-26-23-27(24-29-7-8-34(45)40(2)35(26)29)25-33(36(46)42-19-17-41(18-20-42)30-12-21-49-22-13-30)50-38(48)43-14-10-31(11-15-43)44-16-9-28-5-3-4-6-32(28)39-37(44)47/h3-8,23-24,30-31,33H,9-22,25H2,1-2H3,(H,39,47)/t33-/m1/s1. The summed E-state index contributed by atoms with van der Waals surface area (Å²) < 4.78 is 13.3. The van der Waals surface area contributed by atoms with Gasteiger partial charge in [-0.05, 0) is 79.3 Å². The Morgan fingerprint density at radius 2 is 1.62 bits per heavy atom. The van der Waals surface area contributed by atoms with E-state index in [1.165, 1.54) is 0 Å². The first-order chi connectivity index (χ1) is 24.2. The third kappa shape index (κ3) is 7.22. The summed E-state index contributed by atoms with van der Waals surface area (Å²) in [4.78, 5) is 61.2. The molecule has 12 nitrogen and oxygen atoms in total. The number of amides is 4. The van der Waals surface area contributed by atoms with Gasteiger partial charge in [0.05, 0.1) is 5.52 Å². The summed E-state index contributed by atoms with van der Waals surface area (Å²) in [6.07, 6.45) is 2.79. The highest BCUT2D eigenvalue weighted by Gasteiger charge is 2.36. The van der Waals surface area contributed by atoms with Gasteiger partial charge in [0.1, 0.15) is 0 Å². The molecular weight excluding hydrogens is 636 g/mol. The summed E-state index contributed by atoms with van der Waals surface area (Å²) in [5.74, 6) is -0.182. The van der Waals surface area contributed by atoms with Crippen LogP contribution < -0.4 is 10.9 Å². The molecule has 50 heavy (non-hydrogen) atoms. The van der Waals surface area contributed by atoms with E-state index in [9.17, 15) is 19.2 Å². The second-order valence-corrected chi connectivity index (χ2v) is 14.1. The van der Waals surface area contributed by atoms with Gasteiger partial charge in [0.2, 0.25) is 0 Å². The molecule has 7 rings (SSSR count). The number of likely N-dealkylation sites (tertiary alicyclic amines) is 1. The summed E-state index contributed by atoms with van der Waals surface area (Å²) in [5, 5.41) is 3.95. The van der Waals surface area contributed by atoms with Crippen LogP contribution in [0.4, 0.5) is 15.3 Å². The molecule has 3 fully saturated rings. The normalized spacial score (nSPS) is 20.3. The molecule has 1 atom stereocenters. The molecule has 1 aromatic heterocycles. The van der Waals surface area contributed by atoms with Gasteiger partial charge in [0.15, 0.2) is 6.10 Å². The molecule has 2 aromatic carbocycles. The van der Waals surface area contributed by atoms with Gasteiger partial charge in [-0.1, -0.05) is 24.3 Å². The lowest BCUT2D eigenvalue weighted by atomic mass is 10.00. The Kier molecular flexibility index (Phi) is 10.1. The molecule has 0 aliphatic carbocycles. The van der Waals surface area contributed by atoms with E-state index in [0.29, 0.717) is 51.6 Å². The van der Waals surface area contributed by atoms with Crippen molar-refractivity contribution >= 4 is 34.6 Å². The van der Waals surface area contributed by atoms with Gasteiger partial charge in [-0.3, -0.25) is 14.5 Å². The number of pyridine rings is 1. The highest BCUT2D eigenvalue weighted by Crippen LogP contribution is 2.26. The first-order valence-electron chi connectivity index (χ1n) is 18.1. The molecule has 0 unspecified atom stereocenters. The van der Waals surface area contributed by atoms with Crippen LogP contribution in [0, 0.1) is 6.92 Å². The SMILES string of the molecule is Cc1cc(C[C@@H](OC(=O)N2CCC(N3CCc4ccccc4NC3=O)CC2)C(=O)N2CCN(C3CCOCC3)CC2)cc2ccc(=O)n(C)c12. The number of benzene rings is 2. The van der Waals surface area contributed by atoms with E-state index in [2.05, 4.69) is 10.2 Å². The fourth-order valence-electron chi connectivity index (χ4n) is 8.22. The Hall–Kier alpha value is -4.42. The number of carbonyl (C=O) groups excluding carboxylic acids is 3. The number of piperazine rings is 1. The maximum absolute atomic E-state index is 14.2. The van der Waals surface area contributed by atoms with E-state index in [0.717, 1.165) is 78.8 Å². The van der Waals surface area contributed by atoms with Crippen LogP contribution in [0.5, 0.6) is 0 Å². The predicted molar refractivity (Wildman–Crippen MR) is 190 cm³/mol. The van der Waals surface area contributed by atoms with Crippen LogP contribution in [0.15, 0.2) is 53.3 Å². The summed E-state index contributed by atoms with van der Waals surface area (Å²) in [7, 11) is 1.76. The van der Waals surface area contributed by atoms with Crippen molar-refractivity contribution in [1.29, 1.82) is 0 Å². The molecule has 5 heterocycles. The molecule has 266 valence electrons. The number of urea groups is 1. The number of para-hydroxylation sites is 1. The van der Waals surface area contributed by atoms with Crippen LogP contribution in [-0.2, 0) is 34.2 Å². The molecule has 4 aliphatic rings. The molecule has 4 aliphatic heterocycles. The monoisotopic (exact) mass is 684 g/mol. The number of aryl methyl sites for hydroxylation is 2. The number of carbonyl (C=O) groups is 3. The van der Waals surface area contributed by atoms with Gasteiger partial charge in [-0.2, -0.15) is 0 Å². The van der Waals surface area contributed by atoms with Gasteiger partial charge in [0.25, 0.3) is 11.5 Å². The van der Waals surface area contributed by atoms with E-state index >= 15 is 0 Å². The number of rotatable bonds is 6. The summed E-state index contributed by atoms with van der Waals surface area (Å²) in [5.41, 5.74) is 4.52. The number of aromatic nitrogens is 1. The van der Waals surface area contributed by atoms with E-state index in [-0.39, 0.29) is 30.0 Å². The largest absolute Gasteiger partial charge is 0.436 e. The van der Waals surface area contributed by atoms with Crippen molar-refractivity contribution in [3.05, 3.63) is 75.6 Å². The average Bonchev–Trinajstić information content (AvgIpc) is 3.31. The highest BCUT2D eigenvalue weighted by atomic mass is 16.6. The predicted octanol–water partition coefficient (Wildman–Crippen LogP) is 3.77. The minimum absolute atomic E-state index is 0.00866. The Bertz CT molecular complexity index is 1790. The number of piperidine rings is 1. The number of anilines is 1. The lowest BCUT2D eigenvalue weighted by molar-refractivity contribution is -0.143. The van der Waals surface area contributed by atoms with Gasteiger partial charge in [-0.15, -0.1) is 0 Å². The topological polar surface area (TPSA) is 117 Å². The molecule has 0 spiro atoms. The quantitative estimate of drug-likeness (QED) is 0.421. The second-order valence-electron chi connectivity index (χ2n) is 14.1. The number of nitrogens with one attached hydrogen (secondary N) is 1. The molecule has 3 saturated heterocycles. The molecule has 0 saturated carbocycles. The maximum atomic E-state index is 14.2. The van der Waals surface area contributed by atoms with Crippen molar-refractivity contribution < 1.29 is 23.9 Å². The Labute approximate surface area is 292 Å². The van der Waals surface area contributed by atoms with Crippen LogP contribution >= 0.6 is 0 Å². The van der Waals surface area contributed by atoms with Gasteiger partial charge in [-0.25, -0.2) is 9.59 Å². The van der Waals surface area contributed by atoms with Crippen molar-refractivity contribution in [1.82, 2.24) is 24.2 Å². The van der Waals surface area contributed by atoms with Crippen LogP contribution in [0.2, 0.25) is 0 Å². The number of nitrogens with zero attached hydrogens (tertiary/aromatic N) is 5. The third-order valence-corrected chi connectivity index (χ3v) is 11.0. The van der Waals surface area contributed by atoms with Crippen molar-refractivity contribution in [2.24, 2.45) is 7.05 Å². The highest BCUT2D eigenvalue weighted by molar-refractivity contribution is 5.91. The zero-order valence-electron chi connectivity index (χ0n) is 29.1. The Balaban J connectivity index is 1.03. The Morgan fingerprint density at radius 3 is 2.38 bits per heavy atom. The number of hydrogen-bond donors (Lipinski definition) is 1. The van der Waals surface area contributed by atoms with Crippen molar-refractivity contribution in [2.45, 2.75) is 63.6 Å². The van der Waals surface area contributed by atoms with Crippen molar-refractivity contribution in [3.63, 3.8) is 0 Å². The maximum Gasteiger partial charge on any atom is 0.410 e. The lowest BCUT2D eigenvalue weighted by Crippen LogP contribution is -2.56. The zero-order chi connectivity index (χ0) is 34.8. The third-order valence-electron chi connectivity index (χ3n) is 11.0. The van der Waals surface area contributed by atoms with E-state index in [1.807, 2.05) is 53.1 Å². The fourth-order valence-corrected chi connectivity index (χ4v) is 8.22. The van der Waals surface area contributed by atoms with Crippen LogP contribution in [0.1, 0.15) is 42.4 Å². The Morgan fingerprint density at radius 1 is 0.880 bits per heavy atom. The zero-order valence-corrected chi connectivity index (χ0v) is 29.1. The van der Waals surface area contributed by atoms with Gasteiger partial charge < -0.3 is 34.1 Å².